The van der Waals surface area contributed by atoms with Crippen molar-refractivity contribution in [3.05, 3.63) is 24.1 Å². The van der Waals surface area contributed by atoms with E-state index in [4.69, 9.17) is 0 Å². The number of nitrogens with one attached hydrogen (secondary N) is 1. The van der Waals surface area contributed by atoms with Crippen LogP contribution in [0.4, 0.5) is 10.2 Å². The number of halogens is 1. The highest BCUT2D eigenvalue weighted by molar-refractivity contribution is 5.43. The second kappa shape index (κ2) is 3.70. The second-order valence-electron chi connectivity index (χ2n) is 4.78. The van der Waals surface area contributed by atoms with Crippen LogP contribution in [-0.4, -0.2) is 30.7 Å². The molecule has 0 aromatic carbocycles. The minimum absolute atomic E-state index is 0.206. The molecule has 0 spiro atoms. The molecule has 1 N–H and O–H groups in total. The van der Waals surface area contributed by atoms with Crippen molar-refractivity contribution < 1.29 is 4.39 Å². The lowest BCUT2D eigenvalue weighted by atomic mass is 9.95. The van der Waals surface area contributed by atoms with Gasteiger partial charge in [-0.1, -0.05) is 0 Å². The number of nitrogens with zero attached hydrogens (tertiary/aromatic N) is 2. The molecule has 0 radical (unpaired) electrons. The van der Waals surface area contributed by atoms with Crippen LogP contribution in [0.1, 0.15) is 6.92 Å². The molecule has 1 aromatic rings. The third kappa shape index (κ3) is 1.40. The summed E-state index contributed by atoms with van der Waals surface area (Å²) in [6.45, 7) is 5.20. The van der Waals surface area contributed by atoms with Crippen molar-refractivity contribution in [2.75, 3.05) is 24.5 Å². The summed E-state index contributed by atoms with van der Waals surface area (Å²) >= 11 is 0. The van der Waals surface area contributed by atoms with E-state index in [0.717, 1.165) is 19.6 Å². The summed E-state index contributed by atoms with van der Waals surface area (Å²) < 4.78 is 13.7. The Kier molecular flexibility index (Phi) is 2.32. The number of hydrogen-bond donors (Lipinski definition) is 1. The van der Waals surface area contributed by atoms with E-state index in [-0.39, 0.29) is 5.82 Å². The van der Waals surface area contributed by atoms with Crippen LogP contribution in [0, 0.1) is 17.7 Å². The van der Waals surface area contributed by atoms with Crippen LogP contribution in [0.15, 0.2) is 18.3 Å². The fourth-order valence-corrected chi connectivity index (χ4v) is 3.04. The van der Waals surface area contributed by atoms with E-state index in [0.29, 0.717) is 23.7 Å². The SMILES string of the molecule is CC1C2CNCC2CN1c1ncccc1F. The summed E-state index contributed by atoms with van der Waals surface area (Å²) in [5.74, 6) is 1.60. The molecule has 3 nitrogen and oxygen atoms in total. The summed E-state index contributed by atoms with van der Waals surface area (Å²) in [4.78, 5) is 6.29. The molecular formula is C12H16FN3. The Morgan fingerprint density at radius 1 is 1.50 bits per heavy atom. The van der Waals surface area contributed by atoms with Crippen molar-refractivity contribution in [2.45, 2.75) is 13.0 Å². The largest absolute Gasteiger partial charge is 0.351 e. The monoisotopic (exact) mass is 221 g/mol. The van der Waals surface area contributed by atoms with Crippen molar-refractivity contribution >= 4 is 5.82 Å². The third-order valence-corrected chi connectivity index (χ3v) is 3.95. The van der Waals surface area contributed by atoms with Gasteiger partial charge < -0.3 is 10.2 Å². The average Bonchev–Trinajstić information content (AvgIpc) is 2.83. The number of anilines is 1. The maximum absolute atomic E-state index is 13.7. The Bertz CT molecular complexity index is 396. The summed E-state index contributed by atoms with van der Waals surface area (Å²) in [5.41, 5.74) is 0. The molecule has 2 aliphatic rings. The molecule has 2 saturated heterocycles. The molecule has 86 valence electrons. The minimum Gasteiger partial charge on any atom is -0.351 e. The quantitative estimate of drug-likeness (QED) is 0.774. The van der Waals surface area contributed by atoms with Crippen LogP contribution in [0.3, 0.4) is 0 Å². The van der Waals surface area contributed by atoms with Crippen molar-refractivity contribution in [3.63, 3.8) is 0 Å². The predicted molar refractivity (Wildman–Crippen MR) is 60.9 cm³/mol. The smallest absolute Gasteiger partial charge is 0.165 e. The Morgan fingerprint density at radius 2 is 2.38 bits per heavy atom. The van der Waals surface area contributed by atoms with E-state index in [1.807, 2.05) is 0 Å². The van der Waals surface area contributed by atoms with Gasteiger partial charge in [0.15, 0.2) is 11.6 Å². The molecular weight excluding hydrogens is 205 g/mol. The highest BCUT2D eigenvalue weighted by Crippen LogP contribution is 2.35. The van der Waals surface area contributed by atoms with Gasteiger partial charge in [0.2, 0.25) is 0 Å². The molecule has 16 heavy (non-hydrogen) atoms. The topological polar surface area (TPSA) is 28.2 Å². The number of hydrogen-bond acceptors (Lipinski definition) is 3. The Morgan fingerprint density at radius 3 is 3.12 bits per heavy atom. The highest BCUT2D eigenvalue weighted by Gasteiger charge is 2.42. The van der Waals surface area contributed by atoms with Gasteiger partial charge >= 0.3 is 0 Å². The Balaban J connectivity index is 1.89. The average molecular weight is 221 g/mol. The van der Waals surface area contributed by atoms with Crippen molar-refractivity contribution in [3.8, 4) is 0 Å². The van der Waals surface area contributed by atoms with Gasteiger partial charge in [-0.15, -0.1) is 0 Å². The van der Waals surface area contributed by atoms with Crippen LogP contribution in [0.25, 0.3) is 0 Å². The Hall–Kier alpha value is -1.16. The van der Waals surface area contributed by atoms with Gasteiger partial charge in [-0.25, -0.2) is 9.37 Å². The van der Waals surface area contributed by atoms with Gasteiger partial charge in [0, 0.05) is 31.9 Å². The number of fused-ring (bicyclic) bond motifs is 1. The Labute approximate surface area is 94.7 Å². The first-order valence-electron chi connectivity index (χ1n) is 5.85. The lowest BCUT2D eigenvalue weighted by Gasteiger charge is -2.25. The van der Waals surface area contributed by atoms with E-state index in [2.05, 4.69) is 22.1 Å². The summed E-state index contributed by atoms with van der Waals surface area (Å²) in [5, 5.41) is 3.40. The summed E-state index contributed by atoms with van der Waals surface area (Å²) in [7, 11) is 0. The predicted octanol–water partition coefficient (Wildman–Crippen LogP) is 1.26. The van der Waals surface area contributed by atoms with Crippen LogP contribution in [-0.2, 0) is 0 Å². The highest BCUT2D eigenvalue weighted by atomic mass is 19.1. The van der Waals surface area contributed by atoms with Crippen molar-refractivity contribution in [1.82, 2.24) is 10.3 Å². The maximum atomic E-state index is 13.7. The molecule has 3 rings (SSSR count). The minimum atomic E-state index is -0.206. The molecule has 0 bridgehead atoms. The molecule has 3 atom stereocenters. The van der Waals surface area contributed by atoms with Crippen LogP contribution >= 0.6 is 0 Å². The van der Waals surface area contributed by atoms with Gasteiger partial charge in [-0.05, 0) is 30.9 Å². The van der Waals surface area contributed by atoms with E-state index in [1.165, 1.54) is 6.07 Å². The number of rotatable bonds is 1. The van der Waals surface area contributed by atoms with E-state index < -0.39 is 0 Å². The van der Waals surface area contributed by atoms with E-state index >= 15 is 0 Å². The molecule has 0 aliphatic carbocycles. The van der Waals surface area contributed by atoms with E-state index in [1.54, 1.807) is 12.3 Å². The number of aromatic nitrogens is 1. The molecule has 3 unspecified atom stereocenters. The van der Waals surface area contributed by atoms with Crippen LogP contribution in [0.5, 0.6) is 0 Å². The standard InChI is InChI=1S/C12H16FN3/c1-8-10-6-14-5-9(10)7-16(8)12-11(13)3-2-4-15-12/h2-4,8-10,14H,5-7H2,1H3. The molecule has 1 aromatic heterocycles. The summed E-state index contributed by atoms with van der Waals surface area (Å²) in [6.07, 6.45) is 1.66. The van der Waals surface area contributed by atoms with E-state index in [9.17, 15) is 4.39 Å². The molecule has 0 saturated carbocycles. The molecule has 3 heterocycles. The molecule has 2 fully saturated rings. The first kappa shape index (κ1) is 10.0. The zero-order chi connectivity index (χ0) is 11.1. The fourth-order valence-electron chi connectivity index (χ4n) is 3.04. The van der Waals surface area contributed by atoms with Gasteiger partial charge in [0.25, 0.3) is 0 Å². The van der Waals surface area contributed by atoms with Gasteiger partial charge in [0.05, 0.1) is 0 Å². The van der Waals surface area contributed by atoms with Crippen molar-refractivity contribution in [2.24, 2.45) is 11.8 Å². The van der Waals surface area contributed by atoms with Crippen LogP contribution in [0.2, 0.25) is 0 Å². The first-order chi connectivity index (χ1) is 7.77. The van der Waals surface area contributed by atoms with Gasteiger partial charge in [0.1, 0.15) is 0 Å². The lowest BCUT2D eigenvalue weighted by Crippen LogP contribution is -2.34. The van der Waals surface area contributed by atoms with Gasteiger partial charge in [-0.3, -0.25) is 0 Å². The third-order valence-electron chi connectivity index (χ3n) is 3.95. The molecule has 2 aliphatic heterocycles. The second-order valence-corrected chi connectivity index (χ2v) is 4.78. The number of pyridine rings is 1. The zero-order valence-corrected chi connectivity index (χ0v) is 9.36. The lowest BCUT2D eigenvalue weighted by molar-refractivity contribution is 0.470. The maximum Gasteiger partial charge on any atom is 0.165 e. The van der Waals surface area contributed by atoms with Gasteiger partial charge in [-0.2, -0.15) is 0 Å². The molecule has 4 heteroatoms. The van der Waals surface area contributed by atoms with Crippen LogP contribution < -0.4 is 10.2 Å². The van der Waals surface area contributed by atoms with Crippen molar-refractivity contribution in [1.29, 1.82) is 0 Å². The molecule has 0 amide bonds. The normalized spacial score (nSPS) is 33.1. The fraction of sp³-hybridized carbons (Fsp3) is 0.583. The zero-order valence-electron chi connectivity index (χ0n) is 9.36. The first-order valence-corrected chi connectivity index (χ1v) is 5.85. The summed E-state index contributed by atoms with van der Waals surface area (Å²) in [6, 6.07) is 3.51.